The van der Waals surface area contributed by atoms with Gasteiger partial charge in [-0.15, -0.1) is 11.3 Å². The largest absolute Gasteiger partial charge is 0.352 e. The molecule has 0 aliphatic heterocycles. The fourth-order valence-electron chi connectivity index (χ4n) is 2.40. The van der Waals surface area contributed by atoms with Crippen molar-refractivity contribution in [2.24, 2.45) is 0 Å². The number of benzene rings is 2. The van der Waals surface area contributed by atoms with E-state index in [0.717, 1.165) is 21.8 Å². The van der Waals surface area contributed by atoms with Crippen LogP contribution in [0, 0.1) is 17.0 Å². The highest BCUT2D eigenvalue weighted by Crippen LogP contribution is 2.24. The molecule has 0 spiro atoms. The Hall–Kier alpha value is -3.06. The van der Waals surface area contributed by atoms with Gasteiger partial charge in [-0.1, -0.05) is 17.7 Å². The number of hydrogen-bond acceptors (Lipinski definition) is 5. The van der Waals surface area contributed by atoms with Crippen molar-refractivity contribution in [3.63, 3.8) is 0 Å². The number of carbonyl (C=O) groups excluding carboxylic acids is 1. The number of nitrogens with one attached hydrogen (secondary N) is 1. The minimum atomic E-state index is -0.424. The molecule has 1 amide bonds. The Morgan fingerprint density at radius 3 is 2.50 bits per heavy atom. The van der Waals surface area contributed by atoms with Crippen molar-refractivity contribution in [3.8, 4) is 11.3 Å². The van der Waals surface area contributed by atoms with Gasteiger partial charge in [-0.25, -0.2) is 4.98 Å². The molecule has 0 atom stereocenters. The number of nitrogens with zero attached hydrogens (tertiary/aromatic N) is 2. The summed E-state index contributed by atoms with van der Waals surface area (Å²) in [4.78, 5) is 26.9. The minimum absolute atomic E-state index is 0.0584. The summed E-state index contributed by atoms with van der Waals surface area (Å²) in [6.45, 7) is 2.48. The van der Waals surface area contributed by atoms with Crippen molar-refractivity contribution in [3.05, 3.63) is 80.2 Å². The molecule has 6 nitrogen and oxygen atoms in total. The van der Waals surface area contributed by atoms with Crippen LogP contribution in [-0.4, -0.2) is 22.4 Å². The van der Waals surface area contributed by atoms with Gasteiger partial charge in [0, 0.05) is 41.6 Å². The van der Waals surface area contributed by atoms with Gasteiger partial charge >= 0.3 is 0 Å². The van der Waals surface area contributed by atoms with E-state index in [1.54, 1.807) is 24.3 Å². The monoisotopic (exact) mass is 367 g/mol. The van der Waals surface area contributed by atoms with Crippen LogP contribution in [0.3, 0.4) is 0 Å². The number of nitro benzene ring substituents is 1. The lowest BCUT2D eigenvalue weighted by atomic mass is 10.1. The Morgan fingerprint density at radius 2 is 1.85 bits per heavy atom. The van der Waals surface area contributed by atoms with Crippen molar-refractivity contribution in [1.29, 1.82) is 0 Å². The molecule has 0 fully saturated rings. The molecule has 3 aromatic rings. The van der Waals surface area contributed by atoms with E-state index in [0.29, 0.717) is 18.5 Å². The molecule has 0 aliphatic rings. The molecule has 0 aliphatic carbocycles. The topological polar surface area (TPSA) is 85.1 Å². The zero-order valence-electron chi connectivity index (χ0n) is 14.1. The average molecular weight is 367 g/mol. The van der Waals surface area contributed by atoms with Gasteiger partial charge in [0.05, 0.1) is 15.6 Å². The second-order valence-corrected chi connectivity index (χ2v) is 6.75. The molecule has 0 radical (unpaired) electrons. The van der Waals surface area contributed by atoms with E-state index in [4.69, 9.17) is 0 Å². The number of aromatic nitrogens is 1. The van der Waals surface area contributed by atoms with Crippen LogP contribution in [0.5, 0.6) is 0 Å². The lowest BCUT2D eigenvalue weighted by Gasteiger charge is -2.04. The van der Waals surface area contributed by atoms with E-state index in [9.17, 15) is 14.9 Å². The summed E-state index contributed by atoms with van der Waals surface area (Å²) in [5.74, 6) is -0.0999. The summed E-state index contributed by atoms with van der Waals surface area (Å²) in [5, 5.41) is 16.4. The Kier molecular flexibility index (Phi) is 5.38. The summed E-state index contributed by atoms with van der Waals surface area (Å²) in [6.07, 6.45) is 0.634. The van der Waals surface area contributed by atoms with E-state index in [2.05, 4.69) is 10.3 Å². The predicted molar refractivity (Wildman–Crippen MR) is 101 cm³/mol. The van der Waals surface area contributed by atoms with Crippen LogP contribution < -0.4 is 5.32 Å². The van der Waals surface area contributed by atoms with E-state index >= 15 is 0 Å². The standard InChI is InChI=1S/C19H17N3O3S/c1-13-2-4-15(5-3-13)19(23)20-11-10-18-21-17(12-26-18)14-6-8-16(9-7-14)22(24)25/h2-9,12H,10-11H2,1H3,(H,20,23). The molecule has 1 N–H and O–H groups in total. The number of non-ortho nitro benzene ring substituents is 1. The molecular weight excluding hydrogens is 350 g/mol. The van der Waals surface area contributed by atoms with Crippen LogP contribution in [0.1, 0.15) is 20.9 Å². The third kappa shape index (κ3) is 4.31. The molecule has 132 valence electrons. The smallest absolute Gasteiger partial charge is 0.269 e. The van der Waals surface area contributed by atoms with Gasteiger partial charge < -0.3 is 5.32 Å². The molecule has 0 saturated heterocycles. The lowest BCUT2D eigenvalue weighted by molar-refractivity contribution is -0.384. The average Bonchev–Trinajstić information content (AvgIpc) is 3.11. The Morgan fingerprint density at radius 1 is 1.15 bits per heavy atom. The summed E-state index contributed by atoms with van der Waals surface area (Å²) >= 11 is 1.51. The third-order valence-electron chi connectivity index (χ3n) is 3.86. The Balaban J connectivity index is 1.56. The van der Waals surface area contributed by atoms with Crippen LogP contribution in [0.15, 0.2) is 53.9 Å². The van der Waals surface area contributed by atoms with Gasteiger partial charge in [0.25, 0.3) is 11.6 Å². The third-order valence-corrected chi connectivity index (χ3v) is 4.77. The molecule has 2 aromatic carbocycles. The zero-order valence-corrected chi connectivity index (χ0v) is 15.0. The number of aryl methyl sites for hydroxylation is 1. The van der Waals surface area contributed by atoms with Crippen molar-refractivity contribution in [2.75, 3.05) is 6.54 Å². The zero-order chi connectivity index (χ0) is 18.5. The maximum atomic E-state index is 12.1. The number of amides is 1. The number of nitro groups is 1. The van der Waals surface area contributed by atoms with Crippen molar-refractivity contribution in [1.82, 2.24) is 10.3 Å². The van der Waals surface area contributed by atoms with Gasteiger partial charge in [0.15, 0.2) is 0 Å². The SMILES string of the molecule is Cc1ccc(C(=O)NCCc2nc(-c3ccc([N+](=O)[O-])cc3)cs2)cc1. The van der Waals surface area contributed by atoms with Crippen LogP contribution in [0.25, 0.3) is 11.3 Å². The molecule has 0 bridgehead atoms. The maximum absolute atomic E-state index is 12.1. The molecule has 3 rings (SSSR count). The maximum Gasteiger partial charge on any atom is 0.269 e. The summed E-state index contributed by atoms with van der Waals surface area (Å²) in [7, 11) is 0. The fourth-order valence-corrected chi connectivity index (χ4v) is 3.21. The molecule has 1 heterocycles. The molecule has 26 heavy (non-hydrogen) atoms. The Bertz CT molecular complexity index is 918. The molecule has 7 heteroatoms. The highest BCUT2D eigenvalue weighted by atomic mass is 32.1. The summed E-state index contributed by atoms with van der Waals surface area (Å²) in [5.41, 5.74) is 3.43. The van der Waals surface area contributed by atoms with Gasteiger partial charge in [0.1, 0.15) is 0 Å². The van der Waals surface area contributed by atoms with E-state index < -0.39 is 4.92 Å². The second-order valence-electron chi connectivity index (χ2n) is 5.80. The lowest BCUT2D eigenvalue weighted by Crippen LogP contribution is -2.25. The summed E-state index contributed by atoms with van der Waals surface area (Å²) in [6, 6.07) is 13.7. The normalized spacial score (nSPS) is 10.5. The molecular formula is C19H17N3O3S. The first-order valence-electron chi connectivity index (χ1n) is 8.07. The number of carbonyl (C=O) groups is 1. The number of rotatable bonds is 6. The molecule has 0 unspecified atom stereocenters. The highest BCUT2D eigenvalue weighted by Gasteiger charge is 2.09. The predicted octanol–water partition coefficient (Wildman–Crippen LogP) is 4.00. The quantitative estimate of drug-likeness (QED) is 0.527. The van der Waals surface area contributed by atoms with E-state index in [1.165, 1.54) is 23.5 Å². The second kappa shape index (κ2) is 7.88. The highest BCUT2D eigenvalue weighted by molar-refractivity contribution is 7.09. The first kappa shape index (κ1) is 17.8. The van der Waals surface area contributed by atoms with Crippen LogP contribution >= 0.6 is 11.3 Å². The van der Waals surface area contributed by atoms with Crippen molar-refractivity contribution in [2.45, 2.75) is 13.3 Å². The van der Waals surface area contributed by atoms with E-state index in [-0.39, 0.29) is 11.6 Å². The van der Waals surface area contributed by atoms with Gasteiger partial charge in [-0.2, -0.15) is 0 Å². The van der Waals surface area contributed by atoms with Gasteiger partial charge in [-0.05, 0) is 31.2 Å². The first-order valence-corrected chi connectivity index (χ1v) is 8.95. The molecule has 0 saturated carbocycles. The van der Waals surface area contributed by atoms with Crippen LogP contribution in [0.2, 0.25) is 0 Å². The van der Waals surface area contributed by atoms with Crippen molar-refractivity contribution < 1.29 is 9.72 Å². The van der Waals surface area contributed by atoms with Crippen LogP contribution in [0.4, 0.5) is 5.69 Å². The van der Waals surface area contributed by atoms with Crippen LogP contribution in [-0.2, 0) is 6.42 Å². The Labute approximate surface area is 154 Å². The first-order chi connectivity index (χ1) is 12.5. The molecule has 1 aromatic heterocycles. The number of thiazole rings is 1. The van der Waals surface area contributed by atoms with Gasteiger partial charge in [-0.3, -0.25) is 14.9 Å². The fraction of sp³-hybridized carbons (Fsp3) is 0.158. The van der Waals surface area contributed by atoms with Crippen molar-refractivity contribution >= 4 is 22.9 Å². The van der Waals surface area contributed by atoms with E-state index in [1.807, 2.05) is 24.4 Å². The number of hydrogen-bond donors (Lipinski definition) is 1. The van der Waals surface area contributed by atoms with Gasteiger partial charge in [0.2, 0.25) is 0 Å². The summed E-state index contributed by atoms with van der Waals surface area (Å²) < 4.78 is 0. The minimum Gasteiger partial charge on any atom is -0.352 e.